The van der Waals surface area contributed by atoms with Crippen molar-refractivity contribution in [3.8, 4) is 11.5 Å². The third-order valence-corrected chi connectivity index (χ3v) is 3.22. The van der Waals surface area contributed by atoms with E-state index in [1.54, 1.807) is 0 Å². The lowest BCUT2D eigenvalue weighted by molar-refractivity contribution is 0.483. The van der Waals surface area contributed by atoms with Crippen molar-refractivity contribution in [3.63, 3.8) is 0 Å². The number of anilines is 1. The first kappa shape index (κ1) is 12.0. The van der Waals surface area contributed by atoms with Crippen molar-refractivity contribution in [3.05, 3.63) is 42.5 Å². The maximum Gasteiger partial charge on any atom is 0.129 e. The molecule has 0 aliphatic carbocycles. The number of thiocarbonyl (C=S) groups is 1. The van der Waals surface area contributed by atoms with Gasteiger partial charge in [0.05, 0.1) is 17.2 Å². The van der Waals surface area contributed by atoms with Crippen LogP contribution in [0.1, 0.15) is 0 Å². The Kier molecular flexibility index (Phi) is 3.35. The molecule has 0 bridgehead atoms. The molecule has 1 heterocycles. The molecule has 0 fully saturated rings. The molecule has 0 saturated heterocycles. The van der Waals surface area contributed by atoms with Crippen molar-refractivity contribution in [1.82, 2.24) is 8.75 Å². The van der Waals surface area contributed by atoms with E-state index in [4.69, 9.17) is 17.0 Å². The van der Waals surface area contributed by atoms with Crippen LogP contribution in [0.2, 0.25) is 0 Å². The number of nitrogens with zero attached hydrogens (tertiary/aromatic N) is 2. The molecule has 0 spiro atoms. The normalized spacial score (nSPS) is 10.3. The summed E-state index contributed by atoms with van der Waals surface area (Å²) in [6.07, 6.45) is 0. The summed E-state index contributed by atoms with van der Waals surface area (Å²) in [5.41, 5.74) is 4.14. The molecule has 3 rings (SSSR count). The van der Waals surface area contributed by atoms with Gasteiger partial charge in [-0.05, 0) is 36.4 Å². The number of hydrogen-bond acceptors (Lipinski definition) is 5. The molecule has 0 aliphatic heterocycles. The molecule has 6 heteroatoms. The topological polar surface area (TPSA) is 47.0 Å². The van der Waals surface area contributed by atoms with Gasteiger partial charge in [0.2, 0.25) is 0 Å². The van der Waals surface area contributed by atoms with E-state index in [0.717, 1.165) is 28.2 Å². The van der Waals surface area contributed by atoms with Crippen molar-refractivity contribution in [1.29, 1.82) is 0 Å². The molecule has 94 valence electrons. The number of rotatable bonds is 4. The highest BCUT2D eigenvalue weighted by Crippen LogP contribution is 2.25. The molecule has 1 N–H and O–H groups in total. The quantitative estimate of drug-likeness (QED) is 0.738. The lowest BCUT2D eigenvalue weighted by Gasteiger charge is -2.06. The molecule has 2 aromatic carbocycles. The Bertz CT molecular complexity index is 709. The average Bonchev–Trinajstić information content (AvgIpc) is 2.89. The molecule has 0 saturated carbocycles. The summed E-state index contributed by atoms with van der Waals surface area (Å²) in [4.78, 5) is 0. The predicted molar refractivity (Wildman–Crippen MR) is 81.2 cm³/mol. The van der Waals surface area contributed by atoms with Crippen molar-refractivity contribution in [2.75, 3.05) is 5.32 Å². The number of benzene rings is 2. The minimum absolute atomic E-state index is 0.746. The van der Waals surface area contributed by atoms with Crippen LogP contribution in [0.3, 0.4) is 0 Å². The van der Waals surface area contributed by atoms with Gasteiger partial charge in [-0.3, -0.25) is 0 Å². The molecule has 0 radical (unpaired) electrons. The molecular formula is C13H9N3OS2. The van der Waals surface area contributed by atoms with Crippen molar-refractivity contribution < 1.29 is 4.74 Å². The Labute approximate surface area is 119 Å². The van der Waals surface area contributed by atoms with Crippen LogP contribution in [0.5, 0.6) is 11.5 Å². The molecule has 4 nitrogen and oxygen atoms in total. The van der Waals surface area contributed by atoms with Gasteiger partial charge in [-0.1, -0.05) is 12.2 Å². The van der Waals surface area contributed by atoms with E-state index in [-0.39, 0.29) is 0 Å². The summed E-state index contributed by atoms with van der Waals surface area (Å²) < 4.78 is 14.1. The summed E-state index contributed by atoms with van der Waals surface area (Å²) in [5.74, 6) is 1.51. The highest BCUT2D eigenvalue weighted by Gasteiger charge is 2.02. The molecule has 0 amide bonds. The largest absolute Gasteiger partial charge is 0.457 e. The van der Waals surface area contributed by atoms with Gasteiger partial charge in [0.1, 0.15) is 22.5 Å². The number of aromatic nitrogens is 2. The minimum Gasteiger partial charge on any atom is -0.457 e. The monoisotopic (exact) mass is 287 g/mol. The minimum atomic E-state index is 0.746. The van der Waals surface area contributed by atoms with Crippen LogP contribution in [0.15, 0.2) is 42.5 Å². The zero-order valence-corrected chi connectivity index (χ0v) is 11.4. The number of ether oxygens (including phenoxy) is 1. The Hall–Kier alpha value is -2.05. The maximum atomic E-state index is 5.76. The van der Waals surface area contributed by atoms with Gasteiger partial charge in [-0.2, -0.15) is 8.75 Å². The van der Waals surface area contributed by atoms with Crippen LogP contribution >= 0.6 is 23.9 Å². The second-order valence-electron chi connectivity index (χ2n) is 3.80. The van der Waals surface area contributed by atoms with Gasteiger partial charge < -0.3 is 10.1 Å². The summed E-state index contributed by atoms with van der Waals surface area (Å²) in [5, 5.41) is 2.94. The molecule has 1 aromatic heterocycles. The van der Waals surface area contributed by atoms with Gasteiger partial charge in [0, 0.05) is 11.8 Å². The summed E-state index contributed by atoms with van der Waals surface area (Å²) in [6.45, 7) is 0. The smallest absolute Gasteiger partial charge is 0.129 e. The van der Waals surface area contributed by atoms with E-state index in [2.05, 4.69) is 14.1 Å². The second kappa shape index (κ2) is 5.29. The predicted octanol–water partition coefficient (Wildman–Crippen LogP) is 3.85. The number of nitrogens with one attached hydrogen (secondary N) is 1. The lowest BCUT2D eigenvalue weighted by atomic mass is 10.3. The summed E-state index contributed by atoms with van der Waals surface area (Å²) in [6, 6.07) is 13.2. The molecule has 3 aromatic rings. The summed E-state index contributed by atoms with van der Waals surface area (Å²) >= 11 is 5.93. The Morgan fingerprint density at radius 1 is 1.00 bits per heavy atom. The zero-order valence-electron chi connectivity index (χ0n) is 9.74. The SMILES string of the molecule is S=CNc1ccc(Oc2ccc3nsnc3c2)cc1. The highest BCUT2D eigenvalue weighted by atomic mass is 32.1. The number of fused-ring (bicyclic) bond motifs is 1. The van der Waals surface area contributed by atoms with E-state index >= 15 is 0 Å². The van der Waals surface area contributed by atoms with Crippen LogP contribution in [-0.2, 0) is 0 Å². The fraction of sp³-hybridized carbons (Fsp3) is 0. The average molecular weight is 287 g/mol. The van der Waals surface area contributed by atoms with Gasteiger partial charge >= 0.3 is 0 Å². The molecule has 0 atom stereocenters. The number of hydrogen-bond donors (Lipinski definition) is 1. The van der Waals surface area contributed by atoms with E-state index < -0.39 is 0 Å². The second-order valence-corrected chi connectivity index (χ2v) is 4.57. The van der Waals surface area contributed by atoms with Crippen molar-refractivity contribution in [2.24, 2.45) is 0 Å². The van der Waals surface area contributed by atoms with Gasteiger partial charge in [0.15, 0.2) is 0 Å². The first-order valence-corrected chi connectivity index (χ1v) is 6.76. The van der Waals surface area contributed by atoms with E-state index in [0.29, 0.717) is 0 Å². The van der Waals surface area contributed by atoms with E-state index in [9.17, 15) is 0 Å². The van der Waals surface area contributed by atoms with Gasteiger partial charge in [-0.25, -0.2) is 0 Å². The van der Waals surface area contributed by atoms with Gasteiger partial charge in [-0.15, -0.1) is 0 Å². The van der Waals surface area contributed by atoms with E-state index in [1.165, 1.54) is 17.2 Å². The fourth-order valence-electron chi connectivity index (χ4n) is 1.65. The fourth-order valence-corrected chi connectivity index (χ4v) is 2.30. The Balaban J connectivity index is 1.81. The van der Waals surface area contributed by atoms with Crippen molar-refractivity contribution in [2.45, 2.75) is 0 Å². The molecule has 19 heavy (non-hydrogen) atoms. The van der Waals surface area contributed by atoms with Gasteiger partial charge in [0.25, 0.3) is 0 Å². The van der Waals surface area contributed by atoms with Crippen LogP contribution in [0.4, 0.5) is 5.69 Å². The lowest BCUT2D eigenvalue weighted by Crippen LogP contribution is -1.91. The van der Waals surface area contributed by atoms with Crippen LogP contribution in [0, 0.1) is 0 Å². The van der Waals surface area contributed by atoms with E-state index in [1.807, 2.05) is 42.5 Å². The molecular weight excluding hydrogens is 278 g/mol. The highest BCUT2D eigenvalue weighted by molar-refractivity contribution is 7.79. The van der Waals surface area contributed by atoms with Crippen LogP contribution in [-0.4, -0.2) is 14.2 Å². The maximum absolute atomic E-state index is 5.76. The third kappa shape index (κ3) is 2.69. The standard InChI is InChI=1S/C13H9N3OS2/c18-8-14-9-1-3-10(4-2-9)17-11-5-6-12-13(7-11)16-19-15-12/h1-8H,(H,14,18). The Morgan fingerprint density at radius 2 is 1.74 bits per heavy atom. The first-order chi connectivity index (χ1) is 9.35. The summed E-state index contributed by atoms with van der Waals surface area (Å²) in [7, 11) is 0. The first-order valence-electron chi connectivity index (χ1n) is 5.55. The van der Waals surface area contributed by atoms with Crippen molar-refractivity contribution >= 4 is 46.2 Å². The zero-order chi connectivity index (χ0) is 13.1. The molecule has 0 unspecified atom stereocenters. The Morgan fingerprint density at radius 3 is 2.53 bits per heavy atom. The molecule has 0 aliphatic rings. The van der Waals surface area contributed by atoms with Crippen LogP contribution < -0.4 is 10.1 Å². The third-order valence-electron chi connectivity index (χ3n) is 2.54. The van der Waals surface area contributed by atoms with Crippen LogP contribution in [0.25, 0.3) is 11.0 Å².